The molecule has 0 bridgehead atoms. The van der Waals surface area contributed by atoms with Gasteiger partial charge in [0.15, 0.2) is 0 Å². The number of nitrogens with zero attached hydrogens (tertiary/aromatic N) is 1. The van der Waals surface area contributed by atoms with Gasteiger partial charge < -0.3 is 21.3 Å². The Bertz CT molecular complexity index is 724. The monoisotopic (exact) mass is 424 g/mol. The van der Waals surface area contributed by atoms with Crippen molar-refractivity contribution in [2.24, 2.45) is 11.7 Å². The second kappa shape index (κ2) is 11.2. The number of carbonyl (C=O) groups is 3. The first-order valence-corrected chi connectivity index (χ1v) is 9.91. The number of nitrogens with one attached hydrogen (secondary N) is 2. The average molecular weight is 425 g/mol. The maximum atomic E-state index is 13.1. The first-order chi connectivity index (χ1) is 13.2. The lowest BCUT2D eigenvalue weighted by Crippen LogP contribution is -2.56. The second-order valence-corrected chi connectivity index (χ2v) is 7.85. The minimum absolute atomic E-state index is 0. The highest BCUT2D eigenvalue weighted by atomic mass is 35.5. The highest BCUT2D eigenvalue weighted by Gasteiger charge is 2.38. The maximum absolute atomic E-state index is 13.1. The van der Waals surface area contributed by atoms with Gasteiger partial charge in [-0.3, -0.25) is 14.4 Å². The Kier molecular flexibility index (Phi) is 9.59. The number of hydrogen-bond acceptors (Lipinski definition) is 4. The molecule has 1 aliphatic rings. The van der Waals surface area contributed by atoms with Crippen LogP contribution >= 0.6 is 12.4 Å². The van der Waals surface area contributed by atoms with E-state index in [9.17, 15) is 14.4 Å². The molecule has 3 amide bonds. The predicted octanol–water partition coefficient (Wildman–Crippen LogP) is 1.51. The molecule has 1 fully saturated rings. The van der Waals surface area contributed by atoms with Gasteiger partial charge in [0, 0.05) is 13.1 Å². The van der Waals surface area contributed by atoms with Crippen LogP contribution in [0.2, 0.25) is 0 Å². The van der Waals surface area contributed by atoms with Gasteiger partial charge in [0.05, 0.1) is 6.04 Å². The minimum Gasteiger partial charge on any atom is -0.350 e. The molecule has 0 unspecified atom stereocenters. The Morgan fingerprint density at radius 1 is 1.21 bits per heavy atom. The van der Waals surface area contributed by atoms with Gasteiger partial charge >= 0.3 is 0 Å². The third-order valence-electron chi connectivity index (χ3n) is 5.20. The van der Waals surface area contributed by atoms with E-state index in [4.69, 9.17) is 5.73 Å². The number of amides is 3. The number of benzene rings is 1. The summed E-state index contributed by atoms with van der Waals surface area (Å²) in [7, 11) is 0. The van der Waals surface area contributed by atoms with Crippen LogP contribution in [0, 0.1) is 12.8 Å². The van der Waals surface area contributed by atoms with Crippen LogP contribution in [-0.4, -0.2) is 47.3 Å². The lowest BCUT2D eigenvalue weighted by molar-refractivity contribution is -0.142. The second-order valence-electron chi connectivity index (χ2n) is 7.85. The first kappa shape index (κ1) is 24.9. The van der Waals surface area contributed by atoms with E-state index >= 15 is 0 Å². The Balaban J connectivity index is 0.00000420. The first-order valence-electron chi connectivity index (χ1n) is 9.91. The SMILES string of the molecule is Cc1ccccc1CNC(=O)[C@@H]1CCCN1C(=O)[C@@H](NC(=O)[C@H](C)N)C(C)C.Cl. The minimum atomic E-state index is -0.694. The van der Waals surface area contributed by atoms with Crippen LogP contribution in [0.15, 0.2) is 24.3 Å². The number of carbonyl (C=O) groups excluding carboxylic acids is 3. The van der Waals surface area contributed by atoms with Crippen LogP contribution in [-0.2, 0) is 20.9 Å². The molecule has 162 valence electrons. The Morgan fingerprint density at radius 2 is 1.86 bits per heavy atom. The zero-order valence-corrected chi connectivity index (χ0v) is 18.4. The average Bonchev–Trinajstić information content (AvgIpc) is 3.14. The Hall–Kier alpha value is -2.12. The summed E-state index contributed by atoms with van der Waals surface area (Å²) in [5, 5.41) is 5.68. The summed E-state index contributed by atoms with van der Waals surface area (Å²) in [6, 6.07) is 5.98. The lowest BCUT2D eigenvalue weighted by atomic mass is 10.0. The van der Waals surface area contributed by atoms with Crippen molar-refractivity contribution in [1.29, 1.82) is 0 Å². The summed E-state index contributed by atoms with van der Waals surface area (Å²) in [5.74, 6) is -0.856. The van der Waals surface area contributed by atoms with E-state index in [-0.39, 0.29) is 36.0 Å². The van der Waals surface area contributed by atoms with Crippen LogP contribution in [0.4, 0.5) is 0 Å². The van der Waals surface area contributed by atoms with Crippen LogP contribution in [0.5, 0.6) is 0 Å². The lowest BCUT2D eigenvalue weighted by Gasteiger charge is -2.31. The molecule has 1 aliphatic heterocycles. The van der Waals surface area contributed by atoms with E-state index < -0.39 is 18.1 Å². The molecular formula is C21H33ClN4O3. The van der Waals surface area contributed by atoms with Crippen molar-refractivity contribution >= 4 is 30.1 Å². The smallest absolute Gasteiger partial charge is 0.246 e. The molecule has 1 aromatic carbocycles. The van der Waals surface area contributed by atoms with Gasteiger partial charge in [-0.1, -0.05) is 38.1 Å². The molecule has 0 aromatic heterocycles. The van der Waals surface area contributed by atoms with Crippen molar-refractivity contribution in [1.82, 2.24) is 15.5 Å². The predicted molar refractivity (Wildman–Crippen MR) is 115 cm³/mol. The van der Waals surface area contributed by atoms with Crippen molar-refractivity contribution in [2.45, 2.75) is 65.2 Å². The number of rotatable bonds is 7. The van der Waals surface area contributed by atoms with E-state index in [2.05, 4.69) is 10.6 Å². The molecule has 29 heavy (non-hydrogen) atoms. The molecule has 0 radical (unpaired) electrons. The van der Waals surface area contributed by atoms with E-state index in [1.165, 1.54) is 0 Å². The number of aryl methyl sites for hydroxylation is 1. The highest BCUT2D eigenvalue weighted by molar-refractivity contribution is 5.93. The molecule has 8 heteroatoms. The van der Waals surface area contributed by atoms with E-state index in [0.29, 0.717) is 19.5 Å². The number of nitrogens with two attached hydrogens (primary N) is 1. The topological polar surface area (TPSA) is 105 Å². The third kappa shape index (κ3) is 6.44. The normalized spacial score (nSPS) is 18.0. The molecule has 0 saturated carbocycles. The van der Waals surface area contributed by atoms with Gasteiger partial charge in [-0.2, -0.15) is 0 Å². The van der Waals surface area contributed by atoms with Crippen LogP contribution in [0.3, 0.4) is 0 Å². The summed E-state index contributed by atoms with van der Waals surface area (Å²) >= 11 is 0. The largest absolute Gasteiger partial charge is 0.350 e. The molecule has 0 aliphatic carbocycles. The van der Waals surface area contributed by atoms with E-state index in [1.54, 1.807) is 11.8 Å². The highest BCUT2D eigenvalue weighted by Crippen LogP contribution is 2.21. The van der Waals surface area contributed by atoms with Crippen molar-refractivity contribution in [2.75, 3.05) is 6.54 Å². The van der Waals surface area contributed by atoms with Crippen molar-refractivity contribution in [3.63, 3.8) is 0 Å². The molecule has 0 spiro atoms. The molecule has 1 heterocycles. The fourth-order valence-electron chi connectivity index (χ4n) is 3.39. The fraction of sp³-hybridized carbons (Fsp3) is 0.571. The van der Waals surface area contributed by atoms with Gasteiger partial charge in [0.25, 0.3) is 0 Å². The summed E-state index contributed by atoms with van der Waals surface area (Å²) in [4.78, 5) is 39.4. The molecule has 2 rings (SSSR count). The molecule has 7 nitrogen and oxygen atoms in total. The van der Waals surface area contributed by atoms with Crippen LogP contribution in [0.25, 0.3) is 0 Å². The molecule has 1 saturated heterocycles. The van der Waals surface area contributed by atoms with Gasteiger partial charge in [-0.05, 0) is 43.7 Å². The van der Waals surface area contributed by atoms with Crippen molar-refractivity contribution in [3.8, 4) is 0 Å². The Labute approximate surface area is 179 Å². The van der Waals surface area contributed by atoms with Gasteiger partial charge in [-0.25, -0.2) is 0 Å². The van der Waals surface area contributed by atoms with Gasteiger partial charge in [-0.15, -0.1) is 12.4 Å². The zero-order chi connectivity index (χ0) is 20.8. The van der Waals surface area contributed by atoms with E-state index in [0.717, 1.165) is 17.5 Å². The van der Waals surface area contributed by atoms with Gasteiger partial charge in [0.1, 0.15) is 12.1 Å². The van der Waals surface area contributed by atoms with Gasteiger partial charge in [0.2, 0.25) is 17.7 Å². The molecule has 1 aromatic rings. The number of hydrogen-bond donors (Lipinski definition) is 3. The summed E-state index contributed by atoms with van der Waals surface area (Å²) < 4.78 is 0. The van der Waals surface area contributed by atoms with Crippen LogP contribution < -0.4 is 16.4 Å². The molecule has 4 N–H and O–H groups in total. The fourth-order valence-corrected chi connectivity index (χ4v) is 3.39. The number of halogens is 1. The quantitative estimate of drug-likeness (QED) is 0.617. The standard InChI is InChI=1S/C21H32N4O3.ClH/c1-13(2)18(24-19(26)15(4)22)21(28)25-11-7-10-17(25)20(27)23-12-16-9-6-5-8-14(16)3;/h5-6,8-9,13,15,17-18H,7,10-12,22H2,1-4H3,(H,23,27)(H,24,26);1H/t15-,17-,18-;/m0./s1. The zero-order valence-electron chi connectivity index (χ0n) is 17.6. The third-order valence-corrected chi connectivity index (χ3v) is 5.20. The van der Waals surface area contributed by atoms with Crippen molar-refractivity contribution in [3.05, 3.63) is 35.4 Å². The molecule has 3 atom stereocenters. The Morgan fingerprint density at radius 3 is 2.45 bits per heavy atom. The summed E-state index contributed by atoms with van der Waals surface area (Å²) in [6.45, 7) is 8.26. The molecular weight excluding hydrogens is 392 g/mol. The van der Waals surface area contributed by atoms with Crippen molar-refractivity contribution < 1.29 is 14.4 Å². The number of likely N-dealkylation sites (tertiary alicyclic amines) is 1. The summed E-state index contributed by atoms with van der Waals surface area (Å²) in [5.41, 5.74) is 7.78. The van der Waals surface area contributed by atoms with Crippen LogP contribution in [0.1, 0.15) is 44.7 Å². The summed E-state index contributed by atoms with van der Waals surface area (Å²) in [6.07, 6.45) is 1.39. The van der Waals surface area contributed by atoms with E-state index in [1.807, 2.05) is 45.0 Å². The maximum Gasteiger partial charge on any atom is 0.246 e.